The molecular weight excluding hydrogens is 238 g/mol. The lowest BCUT2D eigenvalue weighted by Crippen LogP contribution is -2.03. The van der Waals surface area contributed by atoms with Crippen LogP contribution in [0.15, 0.2) is 24.4 Å². The zero-order valence-electron chi connectivity index (χ0n) is 9.19. The second-order valence-electron chi connectivity index (χ2n) is 3.65. The van der Waals surface area contributed by atoms with E-state index in [0.717, 1.165) is 6.07 Å². The fraction of sp³-hybridized carbons (Fsp3) is 0.0833. The van der Waals surface area contributed by atoms with Crippen LogP contribution in [0.4, 0.5) is 14.6 Å². The number of nitrogens with two attached hydrogens (primary N) is 1. The Hall–Kier alpha value is -2.55. The van der Waals surface area contributed by atoms with Crippen LogP contribution >= 0.6 is 0 Å². The normalized spacial score (nSPS) is 10.1. The van der Waals surface area contributed by atoms with Crippen molar-refractivity contribution in [2.24, 2.45) is 0 Å². The third kappa shape index (κ3) is 2.58. The molecule has 90 valence electrons. The SMILES string of the molecule is N#Cc1cnc(Cc2cc(F)cc(F)c2)nc1N. The van der Waals surface area contributed by atoms with Crippen molar-refractivity contribution in [3.05, 3.63) is 53.0 Å². The highest BCUT2D eigenvalue weighted by atomic mass is 19.1. The summed E-state index contributed by atoms with van der Waals surface area (Å²) < 4.78 is 26.0. The van der Waals surface area contributed by atoms with Crippen molar-refractivity contribution in [1.29, 1.82) is 5.26 Å². The second-order valence-corrected chi connectivity index (χ2v) is 3.65. The summed E-state index contributed by atoms with van der Waals surface area (Å²) in [6.45, 7) is 0. The third-order valence-corrected chi connectivity index (χ3v) is 2.27. The van der Waals surface area contributed by atoms with Crippen LogP contribution in [-0.4, -0.2) is 9.97 Å². The van der Waals surface area contributed by atoms with Crippen molar-refractivity contribution in [3.63, 3.8) is 0 Å². The molecule has 18 heavy (non-hydrogen) atoms. The molecule has 2 rings (SSSR count). The van der Waals surface area contributed by atoms with E-state index < -0.39 is 11.6 Å². The standard InChI is InChI=1S/C12H8F2N4/c13-9-1-7(2-10(14)4-9)3-11-17-6-8(5-15)12(16)18-11/h1-2,4,6H,3H2,(H2,16,17,18). The van der Waals surface area contributed by atoms with Gasteiger partial charge < -0.3 is 5.73 Å². The topological polar surface area (TPSA) is 75.6 Å². The summed E-state index contributed by atoms with van der Waals surface area (Å²) in [6.07, 6.45) is 1.43. The van der Waals surface area contributed by atoms with Gasteiger partial charge in [-0.25, -0.2) is 18.7 Å². The monoisotopic (exact) mass is 246 g/mol. The van der Waals surface area contributed by atoms with Gasteiger partial charge in [-0.3, -0.25) is 0 Å². The quantitative estimate of drug-likeness (QED) is 0.876. The molecule has 0 aliphatic rings. The summed E-state index contributed by atoms with van der Waals surface area (Å²) in [7, 11) is 0. The van der Waals surface area contributed by atoms with Gasteiger partial charge in [-0.15, -0.1) is 0 Å². The maximum atomic E-state index is 13.0. The number of hydrogen-bond acceptors (Lipinski definition) is 4. The highest BCUT2D eigenvalue weighted by Crippen LogP contribution is 2.13. The molecule has 4 nitrogen and oxygen atoms in total. The lowest BCUT2D eigenvalue weighted by atomic mass is 10.1. The number of halogens is 2. The van der Waals surface area contributed by atoms with Gasteiger partial charge in [0.15, 0.2) is 0 Å². The number of nitrogens with zero attached hydrogens (tertiary/aromatic N) is 3. The minimum Gasteiger partial charge on any atom is -0.382 e. The molecule has 0 saturated carbocycles. The molecule has 0 bridgehead atoms. The summed E-state index contributed by atoms with van der Waals surface area (Å²) in [4.78, 5) is 7.80. The fourth-order valence-corrected chi connectivity index (χ4v) is 1.50. The molecule has 0 amide bonds. The number of benzene rings is 1. The van der Waals surface area contributed by atoms with Crippen LogP contribution in [0.2, 0.25) is 0 Å². The summed E-state index contributed by atoms with van der Waals surface area (Å²) >= 11 is 0. The smallest absolute Gasteiger partial charge is 0.145 e. The molecule has 2 aromatic rings. The molecule has 2 N–H and O–H groups in total. The minimum atomic E-state index is -0.661. The van der Waals surface area contributed by atoms with Crippen molar-refractivity contribution < 1.29 is 8.78 Å². The van der Waals surface area contributed by atoms with E-state index in [0.29, 0.717) is 11.4 Å². The first-order valence-electron chi connectivity index (χ1n) is 5.05. The van der Waals surface area contributed by atoms with Crippen LogP contribution in [0.25, 0.3) is 0 Å². The summed E-state index contributed by atoms with van der Waals surface area (Å²) in [6, 6.07) is 5.01. The van der Waals surface area contributed by atoms with Gasteiger partial charge in [0.25, 0.3) is 0 Å². The highest BCUT2D eigenvalue weighted by molar-refractivity contribution is 5.46. The van der Waals surface area contributed by atoms with Crippen molar-refractivity contribution >= 4 is 5.82 Å². The first kappa shape index (κ1) is 11.9. The largest absolute Gasteiger partial charge is 0.382 e. The minimum absolute atomic E-state index is 0.0550. The highest BCUT2D eigenvalue weighted by Gasteiger charge is 2.06. The summed E-state index contributed by atoms with van der Waals surface area (Å²) in [5.74, 6) is -0.964. The Bertz CT molecular complexity index is 614. The zero-order valence-corrected chi connectivity index (χ0v) is 9.19. The van der Waals surface area contributed by atoms with Gasteiger partial charge in [0, 0.05) is 12.5 Å². The van der Waals surface area contributed by atoms with E-state index in [-0.39, 0.29) is 17.8 Å². The predicted octanol–water partition coefficient (Wildman–Crippen LogP) is 1.80. The Morgan fingerprint density at radius 2 is 1.89 bits per heavy atom. The van der Waals surface area contributed by atoms with E-state index >= 15 is 0 Å². The lowest BCUT2D eigenvalue weighted by Gasteiger charge is -2.03. The van der Waals surface area contributed by atoms with Gasteiger partial charge in [0.2, 0.25) is 0 Å². The average molecular weight is 246 g/mol. The maximum Gasteiger partial charge on any atom is 0.145 e. The first-order chi connectivity index (χ1) is 8.58. The van der Waals surface area contributed by atoms with Gasteiger partial charge in [-0.2, -0.15) is 5.26 Å². The van der Waals surface area contributed by atoms with Gasteiger partial charge in [-0.1, -0.05) is 0 Å². The number of hydrogen-bond donors (Lipinski definition) is 1. The lowest BCUT2D eigenvalue weighted by molar-refractivity contribution is 0.580. The molecule has 0 atom stereocenters. The van der Waals surface area contributed by atoms with Gasteiger partial charge in [0.1, 0.15) is 34.9 Å². The van der Waals surface area contributed by atoms with Crippen LogP contribution in [-0.2, 0) is 6.42 Å². The Labute approximate surface area is 102 Å². The molecule has 0 fully saturated rings. The predicted molar refractivity (Wildman–Crippen MR) is 60.3 cm³/mol. The van der Waals surface area contributed by atoms with E-state index in [2.05, 4.69) is 9.97 Å². The van der Waals surface area contributed by atoms with E-state index in [1.165, 1.54) is 18.3 Å². The molecule has 0 aliphatic heterocycles. The van der Waals surface area contributed by atoms with Crippen molar-refractivity contribution in [2.45, 2.75) is 6.42 Å². The first-order valence-corrected chi connectivity index (χ1v) is 5.05. The van der Waals surface area contributed by atoms with Crippen LogP contribution in [0.3, 0.4) is 0 Å². The van der Waals surface area contributed by atoms with Crippen LogP contribution in [0.5, 0.6) is 0 Å². The van der Waals surface area contributed by atoms with E-state index in [1.54, 1.807) is 0 Å². The van der Waals surface area contributed by atoms with Gasteiger partial charge >= 0.3 is 0 Å². The third-order valence-electron chi connectivity index (χ3n) is 2.27. The Morgan fingerprint density at radius 1 is 1.22 bits per heavy atom. The number of rotatable bonds is 2. The molecule has 0 aliphatic carbocycles. The molecule has 0 saturated heterocycles. The van der Waals surface area contributed by atoms with Crippen molar-refractivity contribution in [1.82, 2.24) is 9.97 Å². The zero-order chi connectivity index (χ0) is 13.1. The van der Waals surface area contributed by atoms with Crippen LogP contribution in [0.1, 0.15) is 17.0 Å². The molecule has 0 spiro atoms. The van der Waals surface area contributed by atoms with Gasteiger partial charge in [-0.05, 0) is 17.7 Å². The fourth-order valence-electron chi connectivity index (χ4n) is 1.50. The van der Waals surface area contributed by atoms with Crippen LogP contribution < -0.4 is 5.73 Å². The Balaban J connectivity index is 2.29. The Morgan fingerprint density at radius 3 is 2.44 bits per heavy atom. The maximum absolute atomic E-state index is 13.0. The number of nitriles is 1. The summed E-state index contributed by atoms with van der Waals surface area (Å²) in [5.41, 5.74) is 6.09. The van der Waals surface area contributed by atoms with E-state index in [9.17, 15) is 8.78 Å². The number of anilines is 1. The summed E-state index contributed by atoms with van der Waals surface area (Å²) in [5, 5.41) is 8.66. The van der Waals surface area contributed by atoms with E-state index in [1.807, 2.05) is 6.07 Å². The Kier molecular flexibility index (Phi) is 3.15. The van der Waals surface area contributed by atoms with Crippen molar-refractivity contribution in [3.8, 4) is 6.07 Å². The van der Waals surface area contributed by atoms with Gasteiger partial charge in [0.05, 0.1) is 6.20 Å². The van der Waals surface area contributed by atoms with E-state index in [4.69, 9.17) is 11.0 Å². The molecule has 6 heteroatoms. The van der Waals surface area contributed by atoms with Crippen molar-refractivity contribution in [2.75, 3.05) is 5.73 Å². The molecule has 0 unspecified atom stereocenters. The molecular formula is C12H8F2N4. The van der Waals surface area contributed by atoms with Crippen LogP contribution in [0, 0.1) is 23.0 Å². The molecule has 0 radical (unpaired) electrons. The molecule has 1 heterocycles. The average Bonchev–Trinajstić information content (AvgIpc) is 2.27. The molecule has 1 aromatic carbocycles. The molecule has 1 aromatic heterocycles. The number of nitrogen functional groups attached to an aromatic ring is 1. The second kappa shape index (κ2) is 4.75. The number of aromatic nitrogens is 2.